The first-order chi connectivity index (χ1) is 15.0. The smallest absolute Gasteiger partial charge is 0.255 e. The van der Waals surface area contributed by atoms with E-state index in [1.807, 2.05) is 55.5 Å². The summed E-state index contributed by atoms with van der Waals surface area (Å²) in [6, 6.07) is 21.7. The molecular weight excluding hydrogens is 412 g/mol. The average molecular weight is 437 g/mol. The van der Waals surface area contributed by atoms with Crippen LogP contribution in [-0.2, 0) is 4.79 Å². The van der Waals surface area contributed by atoms with Crippen LogP contribution in [0.15, 0.2) is 77.7 Å². The predicted octanol–water partition coefficient (Wildman–Crippen LogP) is 5.08. The van der Waals surface area contributed by atoms with Crippen molar-refractivity contribution >= 4 is 35.0 Å². The molecule has 1 unspecified atom stereocenters. The number of amides is 2. The summed E-state index contributed by atoms with van der Waals surface area (Å²) in [5, 5.41) is 5.47. The van der Waals surface area contributed by atoms with Crippen LogP contribution in [0, 0.1) is 0 Å². The first-order valence-electron chi connectivity index (χ1n) is 9.66. The minimum Gasteiger partial charge on any atom is -0.493 e. The summed E-state index contributed by atoms with van der Waals surface area (Å²) in [5.74, 6) is 0.687. The van der Waals surface area contributed by atoms with E-state index < -0.39 is 0 Å². The van der Waals surface area contributed by atoms with Gasteiger partial charge in [0.1, 0.15) is 0 Å². The molecule has 6 nitrogen and oxygen atoms in total. The highest BCUT2D eigenvalue weighted by atomic mass is 32.2. The van der Waals surface area contributed by atoms with Crippen LogP contribution in [-0.4, -0.2) is 31.3 Å². The number of rotatable bonds is 8. The SMILES string of the molecule is COc1ccc(C(=O)Nc2cccc(SC(C)C(=O)Nc3ccccc3)c2)cc1OC. The fraction of sp³-hybridized carbons (Fsp3) is 0.167. The largest absolute Gasteiger partial charge is 0.493 e. The molecular formula is C24H24N2O4S. The molecule has 0 spiro atoms. The molecule has 0 radical (unpaired) electrons. The van der Waals surface area contributed by atoms with Gasteiger partial charge in [0, 0.05) is 21.8 Å². The summed E-state index contributed by atoms with van der Waals surface area (Å²) in [5.41, 5.74) is 1.85. The summed E-state index contributed by atoms with van der Waals surface area (Å²) >= 11 is 1.42. The molecule has 0 aliphatic heterocycles. The topological polar surface area (TPSA) is 76.7 Å². The third-order valence-electron chi connectivity index (χ3n) is 4.46. The summed E-state index contributed by atoms with van der Waals surface area (Å²) in [6.45, 7) is 1.85. The van der Waals surface area contributed by atoms with Crippen molar-refractivity contribution in [3.8, 4) is 11.5 Å². The van der Waals surface area contributed by atoms with Crippen LogP contribution in [0.25, 0.3) is 0 Å². The van der Waals surface area contributed by atoms with Crippen molar-refractivity contribution in [2.24, 2.45) is 0 Å². The van der Waals surface area contributed by atoms with E-state index in [2.05, 4.69) is 10.6 Å². The fourth-order valence-electron chi connectivity index (χ4n) is 2.85. The van der Waals surface area contributed by atoms with Crippen LogP contribution in [0.2, 0.25) is 0 Å². The molecule has 0 saturated carbocycles. The highest BCUT2D eigenvalue weighted by molar-refractivity contribution is 8.00. The Kier molecular flexibility index (Phi) is 7.56. The molecule has 3 rings (SSSR count). The van der Waals surface area contributed by atoms with E-state index in [4.69, 9.17) is 9.47 Å². The number of para-hydroxylation sites is 1. The number of ether oxygens (including phenoxy) is 2. The number of carbonyl (C=O) groups excluding carboxylic acids is 2. The Morgan fingerprint density at radius 1 is 0.806 bits per heavy atom. The molecule has 2 amide bonds. The number of methoxy groups -OCH3 is 2. The standard InChI is InChI=1S/C24H24N2O4S/c1-16(23(27)25-18-8-5-4-6-9-18)31-20-11-7-10-19(15-20)26-24(28)17-12-13-21(29-2)22(14-17)30-3/h4-16H,1-3H3,(H,25,27)(H,26,28). The molecule has 0 fully saturated rings. The predicted molar refractivity (Wildman–Crippen MR) is 124 cm³/mol. The molecule has 0 aliphatic carbocycles. The van der Waals surface area contributed by atoms with Gasteiger partial charge in [-0.15, -0.1) is 11.8 Å². The number of hydrogen-bond donors (Lipinski definition) is 2. The van der Waals surface area contributed by atoms with Gasteiger partial charge in [0.25, 0.3) is 5.91 Å². The zero-order valence-corrected chi connectivity index (χ0v) is 18.4. The van der Waals surface area contributed by atoms with Crippen molar-refractivity contribution in [1.82, 2.24) is 0 Å². The Hall–Kier alpha value is -3.45. The Balaban J connectivity index is 1.64. The van der Waals surface area contributed by atoms with Crippen LogP contribution in [0.4, 0.5) is 11.4 Å². The lowest BCUT2D eigenvalue weighted by Crippen LogP contribution is -2.22. The molecule has 2 N–H and O–H groups in total. The number of anilines is 2. The lowest BCUT2D eigenvalue weighted by molar-refractivity contribution is -0.115. The van der Waals surface area contributed by atoms with Gasteiger partial charge >= 0.3 is 0 Å². The maximum absolute atomic E-state index is 12.6. The van der Waals surface area contributed by atoms with E-state index in [0.717, 1.165) is 10.6 Å². The van der Waals surface area contributed by atoms with Crippen LogP contribution >= 0.6 is 11.8 Å². The molecule has 0 bridgehead atoms. The Morgan fingerprint density at radius 3 is 2.23 bits per heavy atom. The summed E-state index contributed by atoms with van der Waals surface area (Å²) in [7, 11) is 3.07. The summed E-state index contributed by atoms with van der Waals surface area (Å²) < 4.78 is 10.5. The van der Waals surface area contributed by atoms with Gasteiger partial charge in [-0.05, 0) is 55.5 Å². The van der Waals surface area contributed by atoms with Gasteiger partial charge in [0.2, 0.25) is 5.91 Å². The second-order valence-electron chi connectivity index (χ2n) is 6.67. The highest BCUT2D eigenvalue weighted by Crippen LogP contribution is 2.29. The number of benzene rings is 3. The van der Waals surface area contributed by atoms with E-state index in [9.17, 15) is 9.59 Å². The first kappa shape index (κ1) is 22.2. The average Bonchev–Trinajstić information content (AvgIpc) is 2.79. The lowest BCUT2D eigenvalue weighted by Gasteiger charge is -2.13. The van der Waals surface area contributed by atoms with Crippen LogP contribution in [0.3, 0.4) is 0 Å². The molecule has 3 aromatic rings. The fourth-order valence-corrected chi connectivity index (χ4v) is 3.78. The second kappa shape index (κ2) is 10.5. The van der Waals surface area contributed by atoms with Crippen LogP contribution < -0.4 is 20.1 Å². The molecule has 1 atom stereocenters. The Morgan fingerprint density at radius 2 is 1.52 bits per heavy atom. The van der Waals surface area contributed by atoms with Crippen molar-refractivity contribution in [2.45, 2.75) is 17.1 Å². The van der Waals surface area contributed by atoms with E-state index in [1.54, 1.807) is 31.4 Å². The normalized spacial score (nSPS) is 11.3. The van der Waals surface area contributed by atoms with Crippen LogP contribution in [0.5, 0.6) is 11.5 Å². The molecule has 7 heteroatoms. The Bertz CT molecular complexity index is 1060. The monoisotopic (exact) mass is 436 g/mol. The van der Waals surface area contributed by atoms with Crippen molar-refractivity contribution < 1.29 is 19.1 Å². The number of thioether (sulfide) groups is 1. The third kappa shape index (κ3) is 6.02. The number of nitrogens with one attached hydrogen (secondary N) is 2. The minimum atomic E-state index is -0.308. The zero-order valence-electron chi connectivity index (χ0n) is 17.5. The van der Waals surface area contributed by atoms with Gasteiger partial charge in [0.15, 0.2) is 11.5 Å². The maximum atomic E-state index is 12.6. The van der Waals surface area contributed by atoms with Gasteiger partial charge < -0.3 is 20.1 Å². The van der Waals surface area contributed by atoms with Crippen LogP contribution in [0.1, 0.15) is 17.3 Å². The minimum absolute atomic E-state index is 0.0871. The molecule has 0 heterocycles. The second-order valence-corrected chi connectivity index (χ2v) is 8.08. The number of carbonyl (C=O) groups is 2. The Labute approximate surface area is 186 Å². The van der Waals surface area contributed by atoms with Crippen molar-refractivity contribution in [3.63, 3.8) is 0 Å². The highest BCUT2D eigenvalue weighted by Gasteiger charge is 2.16. The lowest BCUT2D eigenvalue weighted by atomic mass is 10.2. The number of hydrogen-bond acceptors (Lipinski definition) is 5. The molecule has 3 aromatic carbocycles. The van der Waals surface area contributed by atoms with Crippen molar-refractivity contribution in [1.29, 1.82) is 0 Å². The van der Waals surface area contributed by atoms with Crippen molar-refractivity contribution in [2.75, 3.05) is 24.9 Å². The molecule has 31 heavy (non-hydrogen) atoms. The third-order valence-corrected chi connectivity index (χ3v) is 5.55. The van der Waals surface area contributed by atoms with Gasteiger partial charge in [-0.25, -0.2) is 0 Å². The van der Waals surface area contributed by atoms with Gasteiger partial charge in [-0.2, -0.15) is 0 Å². The summed E-state index contributed by atoms with van der Waals surface area (Å²) in [6.07, 6.45) is 0. The molecule has 0 aliphatic rings. The quantitative estimate of drug-likeness (QED) is 0.482. The van der Waals surface area contributed by atoms with E-state index in [0.29, 0.717) is 22.7 Å². The van der Waals surface area contributed by atoms with Crippen molar-refractivity contribution in [3.05, 3.63) is 78.4 Å². The maximum Gasteiger partial charge on any atom is 0.255 e. The summed E-state index contributed by atoms with van der Waals surface area (Å²) in [4.78, 5) is 26.0. The van der Waals surface area contributed by atoms with E-state index >= 15 is 0 Å². The van der Waals surface area contributed by atoms with E-state index in [1.165, 1.54) is 18.9 Å². The zero-order chi connectivity index (χ0) is 22.2. The van der Waals surface area contributed by atoms with Gasteiger partial charge in [-0.3, -0.25) is 9.59 Å². The molecule has 160 valence electrons. The van der Waals surface area contributed by atoms with Gasteiger partial charge in [-0.1, -0.05) is 24.3 Å². The molecule has 0 aromatic heterocycles. The van der Waals surface area contributed by atoms with E-state index in [-0.39, 0.29) is 17.1 Å². The molecule has 0 saturated heterocycles. The first-order valence-corrected chi connectivity index (χ1v) is 10.5. The van der Waals surface area contributed by atoms with Gasteiger partial charge in [0.05, 0.1) is 19.5 Å².